The van der Waals surface area contributed by atoms with Crippen molar-refractivity contribution < 1.29 is 19.4 Å². The second kappa shape index (κ2) is 8.49. The predicted octanol–water partition coefficient (Wildman–Crippen LogP) is 3.00. The topological polar surface area (TPSA) is 100 Å². The fourth-order valence-corrected chi connectivity index (χ4v) is 1.92. The van der Waals surface area contributed by atoms with Crippen LogP contribution in [0.2, 0.25) is 0 Å². The molecule has 0 fully saturated rings. The van der Waals surface area contributed by atoms with E-state index in [9.17, 15) is 9.59 Å². The molecule has 0 aliphatic heterocycles. The van der Waals surface area contributed by atoms with Crippen LogP contribution < -0.4 is 15.5 Å². The van der Waals surface area contributed by atoms with E-state index in [0.29, 0.717) is 11.4 Å². The molecule has 0 aliphatic rings. The summed E-state index contributed by atoms with van der Waals surface area (Å²) in [5, 5.41) is 15.4. The van der Waals surface area contributed by atoms with Gasteiger partial charge in [0, 0.05) is 5.69 Å². The molecule has 25 heavy (non-hydrogen) atoms. The summed E-state index contributed by atoms with van der Waals surface area (Å²) in [6.45, 7) is 3.35. The van der Waals surface area contributed by atoms with Crippen molar-refractivity contribution in [3.63, 3.8) is 0 Å². The zero-order valence-corrected chi connectivity index (χ0v) is 13.9. The molecule has 0 saturated heterocycles. The number of aryl methyl sites for hydroxylation is 1. The van der Waals surface area contributed by atoms with Gasteiger partial charge in [-0.25, -0.2) is 15.0 Å². The molecule has 3 N–H and O–H groups in total. The Labute approximate surface area is 145 Å². The quantitative estimate of drug-likeness (QED) is 0.555. The highest BCUT2D eigenvalue weighted by Crippen LogP contribution is 2.14. The Morgan fingerprint density at radius 2 is 1.84 bits per heavy atom. The number of ether oxygens (including phenoxy) is 1. The Morgan fingerprint density at radius 1 is 1.16 bits per heavy atom. The molecule has 7 nitrogen and oxygen atoms in total. The monoisotopic (exact) mass is 341 g/mol. The number of aliphatic carboxylic acids is 1. The van der Waals surface area contributed by atoms with Gasteiger partial charge in [-0.05, 0) is 55.3 Å². The molecule has 2 amide bonds. The van der Waals surface area contributed by atoms with Crippen LogP contribution in [0.4, 0.5) is 10.5 Å². The summed E-state index contributed by atoms with van der Waals surface area (Å²) in [5.41, 5.74) is 4.77. The number of benzene rings is 2. The number of carbonyl (C=O) groups is 2. The van der Waals surface area contributed by atoms with E-state index in [0.717, 1.165) is 11.1 Å². The molecule has 0 spiro atoms. The second-order valence-corrected chi connectivity index (χ2v) is 5.31. The van der Waals surface area contributed by atoms with Gasteiger partial charge in [0.1, 0.15) is 5.75 Å². The summed E-state index contributed by atoms with van der Waals surface area (Å²) >= 11 is 0. The maximum atomic E-state index is 11.8. The van der Waals surface area contributed by atoms with Crippen molar-refractivity contribution in [1.82, 2.24) is 5.43 Å². The molecular formula is C18H19N3O4. The Hall–Kier alpha value is -3.35. The molecule has 2 aromatic rings. The molecule has 0 aliphatic carbocycles. The van der Waals surface area contributed by atoms with E-state index < -0.39 is 18.1 Å². The van der Waals surface area contributed by atoms with Crippen LogP contribution in [0.25, 0.3) is 0 Å². The van der Waals surface area contributed by atoms with E-state index in [4.69, 9.17) is 9.84 Å². The number of hydrogen-bond acceptors (Lipinski definition) is 4. The van der Waals surface area contributed by atoms with Gasteiger partial charge in [0.2, 0.25) is 0 Å². The van der Waals surface area contributed by atoms with E-state index >= 15 is 0 Å². The van der Waals surface area contributed by atoms with Gasteiger partial charge < -0.3 is 15.2 Å². The molecule has 1 atom stereocenters. The molecule has 0 saturated carbocycles. The number of carbonyl (C=O) groups excluding carboxylic acids is 1. The van der Waals surface area contributed by atoms with E-state index in [1.165, 1.54) is 13.1 Å². The Kier molecular flexibility index (Phi) is 6.11. The first kappa shape index (κ1) is 18.0. The first-order valence-electron chi connectivity index (χ1n) is 7.61. The third kappa shape index (κ3) is 5.65. The normalized spacial score (nSPS) is 11.8. The van der Waals surface area contributed by atoms with Crippen molar-refractivity contribution in [3.05, 3.63) is 59.7 Å². The summed E-state index contributed by atoms with van der Waals surface area (Å²) in [6.07, 6.45) is 0.549. The fraction of sp³-hybridized carbons (Fsp3) is 0.167. The minimum atomic E-state index is -1.03. The van der Waals surface area contributed by atoms with Crippen LogP contribution in [0.1, 0.15) is 18.1 Å². The Balaban J connectivity index is 1.86. The Morgan fingerprint density at radius 3 is 2.48 bits per heavy atom. The van der Waals surface area contributed by atoms with E-state index in [-0.39, 0.29) is 0 Å². The molecule has 7 heteroatoms. The van der Waals surface area contributed by atoms with Gasteiger partial charge in [-0.2, -0.15) is 5.10 Å². The number of nitrogens with zero attached hydrogens (tertiary/aromatic N) is 1. The van der Waals surface area contributed by atoms with Gasteiger partial charge in [-0.15, -0.1) is 0 Å². The van der Waals surface area contributed by atoms with Crippen LogP contribution in [0.5, 0.6) is 5.75 Å². The SMILES string of the molecule is Cc1ccccc1NC(=O)N/N=C/c1ccc(OC(C)C(=O)O)cc1. The van der Waals surface area contributed by atoms with Gasteiger partial charge in [-0.1, -0.05) is 18.2 Å². The minimum absolute atomic E-state index is 0.442. The fourth-order valence-electron chi connectivity index (χ4n) is 1.92. The number of carboxylic acids is 1. The van der Waals surface area contributed by atoms with Crippen LogP contribution in [0.15, 0.2) is 53.6 Å². The van der Waals surface area contributed by atoms with Crippen molar-refractivity contribution in [3.8, 4) is 5.75 Å². The molecule has 0 aromatic heterocycles. The Bertz CT molecular complexity index is 772. The lowest BCUT2D eigenvalue weighted by Crippen LogP contribution is -2.24. The number of carboxylic acid groups (broad SMARTS) is 1. The molecule has 0 bridgehead atoms. The average Bonchev–Trinajstić information content (AvgIpc) is 2.58. The molecule has 130 valence electrons. The number of hydrogen-bond donors (Lipinski definition) is 3. The lowest BCUT2D eigenvalue weighted by molar-refractivity contribution is -0.144. The lowest BCUT2D eigenvalue weighted by Gasteiger charge is -2.10. The number of anilines is 1. The highest BCUT2D eigenvalue weighted by molar-refractivity contribution is 5.91. The number of nitrogens with one attached hydrogen (secondary N) is 2. The lowest BCUT2D eigenvalue weighted by atomic mass is 10.2. The molecule has 2 aromatic carbocycles. The summed E-state index contributed by atoms with van der Waals surface area (Å²) < 4.78 is 5.23. The van der Waals surface area contributed by atoms with Gasteiger partial charge in [0.25, 0.3) is 0 Å². The zero-order chi connectivity index (χ0) is 18.2. The van der Waals surface area contributed by atoms with E-state index in [2.05, 4.69) is 15.8 Å². The van der Waals surface area contributed by atoms with E-state index in [1.807, 2.05) is 25.1 Å². The van der Waals surface area contributed by atoms with Crippen LogP contribution >= 0.6 is 0 Å². The van der Waals surface area contributed by atoms with Crippen molar-refractivity contribution in [2.45, 2.75) is 20.0 Å². The first-order valence-corrected chi connectivity index (χ1v) is 7.61. The van der Waals surface area contributed by atoms with Crippen molar-refractivity contribution in [2.24, 2.45) is 5.10 Å². The van der Waals surface area contributed by atoms with Crippen LogP contribution in [-0.4, -0.2) is 29.4 Å². The average molecular weight is 341 g/mol. The second-order valence-electron chi connectivity index (χ2n) is 5.31. The summed E-state index contributed by atoms with van der Waals surface area (Å²) in [4.78, 5) is 22.5. The molecule has 0 radical (unpaired) electrons. The van der Waals surface area contributed by atoms with Crippen LogP contribution in [-0.2, 0) is 4.79 Å². The van der Waals surface area contributed by atoms with Gasteiger partial charge in [0.15, 0.2) is 6.10 Å². The van der Waals surface area contributed by atoms with Gasteiger partial charge >= 0.3 is 12.0 Å². The zero-order valence-electron chi connectivity index (χ0n) is 13.9. The van der Waals surface area contributed by atoms with Crippen molar-refractivity contribution in [2.75, 3.05) is 5.32 Å². The summed E-state index contributed by atoms with van der Waals surface area (Å²) in [5.74, 6) is -0.591. The minimum Gasteiger partial charge on any atom is -0.479 e. The van der Waals surface area contributed by atoms with E-state index in [1.54, 1.807) is 30.3 Å². The maximum absolute atomic E-state index is 11.8. The summed E-state index contributed by atoms with van der Waals surface area (Å²) in [6, 6.07) is 13.6. The third-order valence-electron chi connectivity index (χ3n) is 3.31. The van der Waals surface area contributed by atoms with Crippen molar-refractivity contribution in [1.29, 1.82) is 0 Å². The number of rotatable bonds is 6. The standard InChI is InChI=1S/C18H19N3O4/c1-12-5-3-4-6-16(12)20-18(24)21-19-11-14-7-9-15(10-8-14)25-13(2)17(22)23/h3-11,13H,1-2H3,(H,22,23)(H2,20,21,24)/b19-11+. The highest BCUT2D eigenvalue weighted by Gasteiger charge is 2.11. The molecule has 0 heterocycles. The predicted molar refractivity (Wildman–Crippen MR) is 95.1 cm³/mol. The first-order chi connectivity index (χ1) is 12.0. The van der Waals surface area contributed by atoms with Crippen molar-refractivity contribution >= 4 is 23.9 Å². The maximum Gasteiger partial charge on any atom is 0.344 e. The molecule has 1 unspecified atom stereocenters. The number of hydrazone groups is 1. The molecule has 2 rings (SSSR count). The third-order valence-corrected chi connectivity index (χ3v) is 3.31. The van der Waals surface area contributed by atoms with Gasteiger partial charge in [0.05, 0.1) is 6.21 Å². The van der Waals surface area contributed by atoms with Crippen LogP contribution in [0, 0.1) is 6.92 Å². The highest BCUT2D eigenvalue weighted by atomic mass is 16.5. The number of para-hydroxylation sites is 1. The van der Waals surface area contributed by atoms with Gasteiger partial charge in [-0.3, -0.25) is 0 Å². The number of urea groups is 1. The van der Waals surface area contributed by atoms with Crippen LogP contribution in [0.3, 0.4) is 0 Å². The smallest absolute Gasteiger partial charge is 0.344 e. The summed E-state index contributed by atoms with van der Waals surface area (Å²) in [7, 11) is 0. The molecular weight excluding hydrogens is 322 g/mol. The largest absolute Gasteiger partial charge is 0.479 e. The number of amides is 2.